The number of ether oxygens (including phenoxy) is 1. The Kier molecular flexibility index (Phi) is 3.21. The molecule has 1 aromatic heterocycles. The van der Waals surface area contributed by atoms with Crippen molar-refractivity contribution in [2.24, 2.45) is 0 Å². The van der Waals surface area contributed by atoms with Gasteiger partial charge in [-0.05, 0) is 4.92 Å². The predicted molar refractivity (Wildman–Crippen MR) is 48.1 cm³/mol. The van der Waals surface area contributed by atoms with Crippen molar-refractivity contribution in [3.8, 4) is 0 Å². The lowest BCUT2D eigenvalue weighted by molar-refractivity contribution is -0.392. The summed E-state index contributed by atoms with van der Waals surface area (Å²) in [6.07, 6.45) is -0.0203. The fraction of sp³-hybridized carbons (Fsp3) is 0.429. The summed E-state index contributed by atoms with van der Waals surface area (Å²) in [5, 5.41) is 10.5. The van der Waals surface area contributed by atoms with Crippen LogP contribution in [0.5, 0.6) is 0 Å². The Bertz CT molecular complexity index is 386. The summed E-state index contributed by atoms with van der Waals surface area (Å²) >= 11 is 0. The van der Waals surface area contributed by atoms with Gasteiger partial charge in [-0.15, -0.1) is 0 Å². The molecule has 0 saturated carbocycles. The van der Waals surface area contributed by atoms with Crippen molar-refractivity contribution in [2.45, 2.75) is 13.5 Å². The second-order valence-corrected chi connectivity index (χ2v) is 2.71. The molecule has 0 saturated heterocycles. The van der Waals surface area contributed by atoms with E-state index in [2.05, 4.69) is 9.72 Å². The average molecular weight is 213 g/mol. The molecule has 0 spiro atoms. The molecule has 1 radical (unpaired) electrons. The van der Waals surface area contributed by atoms with Gasteiger partial charge in [-0.1, -0.05) is 0 Å². The van der Waals surface area contributed by atoms with Gasteiger partial charge in [0.15, 0.2) is 5.82 Å². The van der Waals surface area contributed by atoms with Crippen LogP contribution in [0.15, 0.2) is 6.20 Å². The Morgan fingerprint density at radius 3 is 3.00 bits per heavy atom. The maximum Gasteiger partial charge on any atom is 0.426 e. The number of aryl methyl sites for hydroxylation is 1. The van der Waals surface area contributed by atoms with Crippen molar-refractivity contribution in [3.63, 3.8) is 0 Å². The number of imidazole rings is 1. The third kappa shape index (κ3) is 2.66. The van der Waals surface area contributed by atoms with Crippen LogP contribution in [0.3, 0.4) is 0 Å². The maximum absolute atomic E-state index is 10.5. The highest BCUT2D eigenvalue weighted by molar-refractivity contribution is 5.63. The van der Waals surface area contributed by atoms with Crippen molar-refractivity contribution >= 4 is 11.9 Å². The standard InChI is InChI=1S/C7H9N4O4/c1-5-9-4-6(11(13)14)10(5)2-3-15-7(8)12/h4,8H,2-3H2,1H3. The number of nitrogens with one attached hydrogen (secondary N) is 1. The van der Waals surface area contributed by atoms with E-state index in [1.54, 1.807) is 6.92 Å². The van der Waals surface area contributed by atoms with Gasteiger partial charge in [-0.3, -0.25) is 0 Å². The minimum absolute atomic E-state index is 0.0830. The van der Waals surface area contributed by atoms with E-state index in [-0.39, 0.29) is 19.0 Å². The lowest BCUT2D eigenvalue weighted by Gasteiger charge is -2.02. The summed E-state index contributed by atoms with van der Waals surface area (Å²) in [5.41, 5.74) is 6.48. The zero-order valence-corrected chi connectivity index (χ0v) is 7.97. The van der Waals surface area contributed by atoms with Crippen molar-refractivity contribution in [2.75, 3.05) is 6.61 Å². The molecule has 1 heterocycles. The van der Waals surface area contributed by atoms with E-state index >= 15 is 0 Å². The Balaban J connectivity index is 2.70. The summed E-state index contributed by atoms with van der Waals surface area (Å²) in [4.78, 5) is 23.9. The van der Waals surface area contributed by atoms with E-state index < -0.39 is 11.0 Å². The molecule has 8 heteroatoms. The van der Waals surface area contributed by atoms with Gasteiger partial charge in [-0.2, -0.15) is 0 Å². The highest BCUT2D eigenvalue weighted by atomic mass is 16.6. The smallest absolute Gasteiger partial charge is 0.426 e. The van der Waals surface area contributed by atoms with Crippen LogP contribution in [-0.2, 0) is 11.3 Å². The third-order valence-electron chi connectivity index (χ3n) is 1.77. The zero-order valence-electron chi connectivity index (χ0n) is 7.97. The van der Waals surface area contributed by atoms with Crippen LogP contribution in [0, 0.1) is 17.0 Å². The van der Waals surface area contributed by atoms with Crippen LogP contribution in [0.25, 0.3) is 0 Å². The van der Waals surface area contributed by atoms with Crippen molar-refractivity contribution < 1.29 is 14.5 Å². The Labute approximate surface area is 84.8 Å². The number of hydrogen-bond donors (Lipinski definition) is 0. The molecular formula is C7H9N4O4. The van der Waals surface area contributed by atoms with E-state index in [1.165, 1.54) is 4.57 Å². The number of rotatable bonds is 4. The second-order valence-electron chi connectivity index (χ2n) is 2.71. The monoisotopic (exact) mass is 213 g/mol. The van der Waals surface area contributed by atoms with Gasteiger partial charge in [0.25, 0.3) is 0 Å². The molecule has 1 aromatic rings. The van der Waals surface area contributed by atoms with Crippen molar-refractivity contribution in [1.82, 2.24) is 15.3 Å². The first-order valence-electron chi connectivity index (χ1n) is 4.07. The lowest BCUT2D eigenvalue weighted by Crippen LogP contribution is -2.13. The van der Waals surface area contributed by atoms with Crippen LogP contribution < -0.4 is 5.73 Å². The van der Waals surface area contributed by atoms with Gasteiger partial charge in [-0.25, -0.2) is 20.1 Å². The fourth-order valence-electron chi connectivity index (χ4n) is 1.11. The van der Waals surface area contributed by atoms with Gasteiger partial charge in [0, 0.05) is 6.92 Å². The second kappa shape index (κ2) is 4.40. The quantitative estimate of drug-likeness (QED) is 0.534. The molecule has 1 N–H and O–H groups in total. The lowest BCUT2D eigenvalue weighted by atomic mass is 10.6. The first kappa shape index (κ1) is 11.0. The molecule has 0 atom stereocenters. The van der Waals surface area contributed by atoms with Gasteiger partial charge >= 0.3 is 11.9 Å². The van der Waals surface area contributed by atoms with E-state index in [4.69, 9.17) is 5.73 Å². The van der Waals surface area contributed by atoms with Crippen LogP contribution in [0.4, 0.5) is 10.6 Å². The molecule has 8 nitrogen and oxygen atoms in total. The van der Waals surface area contributed by atoms with Crippen LogP contribution in [0.1, 0.15) is 5.82 Å². The summed E-state index contributed by atoms with van der Waals surface area (Å²) in [6, 6.07) is 0. The first-order chi connectivity index (χ1) is 7.02. The average Bonchev–Trinajstić information content (AvgIpc) is 2.47. The molecule has 0 unspecified atom stereocenters. The number of nitrogens with zero attached hydrogens (tertiary/aromatic N) is 3. The molecule has 1 amide bonds. The highest BCUT2D eigenvalue weighted by Gasteiger charge is 2.16. The van der Waals surface area contributed by atoms with E-state index in [0.29, 0.717) is 5.82 Å². The van der Waals surface area contributed by atoms with Crippen LogP contribution >= 0.6 is 0 Å². The third-order valence-corrected chi connectivity index (χ3v) is 1.77. The van der Waals surface area contributed by atoms with E-state index in [9.17, 15) is 14.9 Å². The number of aromatic nitrogens is 2. The molecule has 81 valence electrons. The Morgan fingerprint density at radius 1 is 1.80 bits per heavy atom. The zero-order chi connectivity index (χ0) is 11.4. The van der Waals surface area contributed by atoms with Gasteiger partial charge < -0.3 is 14.9 Å². The van der Waals surface area contributed by atoms with Crippen LogP contribution in [-0.4, -0.2) is 27.2 Å². The molecule has 1 rings (SSSR count). The van der Waals surface area contributed by atoms with Gasteiger partial charge in [0.1, 0.15) is 19.3 Å². The summed E-state index contributed by atoms with van der Waals surface area (Å²) in [6.45, 7) is 1.64. The Morgan fingerprint density at radius 2 is 2.47 bits per heavy atom. The number of carbonyl (C=O) groups excluding carboxylic acids is 1. The minimum atomic E-state index is -1.16. The molecule has 0 aromatic carbocycles. The van der Waals surface area contributed by atoms with E-state index in [1.807, 2.05) is 0 Å². The SMILES string of the molecule is Cc1ncc([N+](=O)[O-])n1CCOC([NH])=O. The normalized spacial score (nSPS) is 9.93. The summed E-state index contributed by atoms with van der Waals surface area (Å²) in [7, 11) is 0. The number of hydrogen-bond acceptors (Lipinski definition) is 5. The molecule has 0 aliphatic carbocycles. The van der Waals surface area contributed by atoms with E-state index in [0.717, 1.165) is 6.20 Å². The first-order valence-corrected chi connectivity index (χ1v) is 4.07. The topological polar surface area (TPSA) is 111 Å². The van der Waals surface area contributed by atoms with Crippen molar-refractivity contribution in [1.29, 1.82) is 0 Å². The molecule has 0 bridgehead atoms. The van der Waals surface area contributed by atoms with Crippen LogP contribution in [0.2, 0.25) is 0 Å². The highest BCUT2D eigenvalue weighted by Crippen LogP contribution is 2.12. The molecule has 0 aliphatic heterocycles. The number of amides is 1. The Hall–Kier alpha value is -2.12. The van der Waals surface area contributed by atoms with Gasteiger partial charge in [0.05, 0.1) is 0 Å². The molecule has 15 heavy (non-hydrogen) atoms. The molecule has 0 fully saturated rings. The number of nitro groups is 1. The minimum Gasteiger partial charge on any atom is -0.444 e. The summed E-state index contributed by atoms with van der Waals surface area (Å²) in [5.74, 6) is 0.302. The van der Waals surface area contributed by atoms with Crippen molar-refractivity contribution in [3.05, 3.63) is 22.1 Å². The molecule has 0 aliphatic rings. The largest absolute Gasteiger partial charge is 0.444 e. The summed E-state index contributed by atoms with van der Waals surface area (Å²) < 4.78 is 5.67. The number of carbonyl (C=O) groups is 1. The van der Waals surface area contributed by atoms with Gasteiger partial charge in [0.2, 0.25) is 0 Å². The fourth-order valence-corrected chi connectivity index (χ4v) is 1.11. The molecular weight excluding hydrogens is 204 g/mol. The maximum atomic E-state index is 10.5. The predicted octanol–water partition coefficient (Wildman–Crippen LogP) is 0.519.